The molecule has 3 rings (SSSR count). The lowest BCUT2D eigenvalue weighted by Gasteiger charge is -2.32. The fourth-order valence-electron chi connectivity index (χ4n) is 2.76. The van der Waals surface area contributed by atoms with Gasteiger partial charge in [-0.3, -0.25) is 5.10 Å². The average molecular weight is 307 g/mol. The van der Waals surface area contributed by atoms with E-state index in [1.807, 2.05) is 13.8 Å². The van der Waals surface area contributed by atoms with Gasteiger partial charge >= 0.3 is 0 Å². The molecule has 0 aliphatic carbocycles. The van der Waals surface area contributed by atoms with E-state index in [9.17, 15) is 8.42 Å². The van der Waals surface area contributed by atoms with E-state index in [2.05, 4.69) is 20.2 Å². The quantitative estimate of drug-likeness (QED) is 0.920. The topological polar surface area (TPSA) is 91.8 Å². The number of aromatic nitrogens is 4. The number of hydrogen-bond donors (Lipinski definition) is 1. The highest BCUT2D eigenvalue weighted by molar-refractivity contribution is 7.89. The number of aryl methyl sites for hydroxylation is 1. The Morgan fingerprint density at radius 2 is 2.24 bits per heavy atom. The Hall–Kier alpha value is -1.80. The van der Waals surface area contributed by atoms with E-state index >= 15 is 0 Å². The molecule has 0 radical (unpaired) electrons. The predicted molar refractivity (Wildman–Crippen MR) is 75.8 cm³/mol. The van der Waals surface area contributed by atoms with Crippen LogP contribution in [0.25, 0.3) is 0 Å². The van der Waals surface area contributed by atoms with Gasteiger partial charge in [-0.25, -0.2) is 18.4 Å². The molecular formula is C13H17N5O2S. The Morgan fingerprint density at radius 3 is 2.90 bits per heavy atom. The highest BCUT2D eigenvalue weighted by Gasteiger charge is 2.47. The summed E-state index contributed by atoms with van der Waals surface area (Å²) in [6.45, 7) is 4.21. The van der Waals surface area contributed by atoms with Gasteiger partial charge in [-0.05, 0) is 32.8 Å². The van der Waals surface area contributed by atoms with Gasteiger partial charge in [0, 0.05) is 24.6 Å². The van der Waals surface area contributed by atoms with Crippen molar-refractivity contribution in [1.29, 1.82) is 0 Å². The van der Waals surface area contributed by atoms with Crippen molar-refractivity contribution in [2.75, 3.05) is 6.54 Å². The summed E-state index contributed by atoms with van der Waals surface area (Å²) >= 11 is 0. The van der Waals surface area contributed by atoms with E-state index < -0.39 is 15.6 Å². The third-order valence-electron chi connectivity index (χ3n) is 3.91. The molecule has 1 aliphatic rings. The van der Waals surface area contributed by atoms with Gasteiger partial charge in [-0.2, -0.15) is 9.40 Å². The van der Waals surface area contributed by atoms with Crippen molar-refractivity contribution < 1.29 is 8.42 Å². The molecule has 0 saturated carbocycles. The van der Waals surface area contributed by atoms with Crippen LogP contribution in [0.5, 0.6) is 0 Å². The van der Waals surface area contributed by atoms with Crippen LogP contribution in [-0.2, 0) is 15.6 Å². The molecule has 1 fully saturated rings. The fraction of sp³-hybridized carbons (Fsp3) is 0.462. The molecule has 1 N–H and O–H groups in total. The lowest BCUT2D eigenvalue weighted by atomic mass is 9.99. The highest BCUT2D eigenvalue weighted by Crippen LogP contribution is 2.40. The zero-order chi connectivity index (χ0) is 15.1. The van der Waals surface area contributed by atoms with Gasteiger partial charge in [-0.1, -0.05) is 0 Å². The van der Waals surface area contributed by atoms with Crippen LogP contribution >= 0.6 is 0 Å². The van der Waals surface area contributed by atoms with Crippen LogP contribution < -0.4 is 0 Å². The summed E-state index contributed by atoms with van der Waals surface area (Å²) in [5, 5.41) is 6.28. The second-order valence-electron chi connectivity index (χ2n) is 5.41. The molecule has 2 aromatic rings. The third-order valence-corrected chi connectivity index (χ3v) is 5.90. The molecule has 3 heterocycles. The van der Waals surface area contributed by atoms with Gasteiger partial charge in [0.15, 0.2) is 0 Å². The van der Waals surface area contributed by atoms with Crippen molar-refractivity contribution >= 4 is 10.0 Å². The Morgan fingerprint density at radius 1 is 1.43 bits per heavy atom. The summed E-state index contributed by atoms with van der Waals surface area (Å²) < 4.78 is 27.0. The van der Waals surface area contributed by atoms with Crippen molar-refractivity contribution in [1.82, 2.24) is 24.5 Å². The Labute approximate surface area is 123 Å². The second-order valence-corrected chi connectivity index (χ2v) is 7.27. The molecular weight excluding hydrogens is 290 g/mol. The molecule has 1 aliphatic heterocycles. The maximum atomic E-state index is 12.8. The maximum absolute atomic E-state index is 12.8. The average Bonchev–Trinajstić information content (AvgIpc) is 3.08. The lowest BCUT2D eigenvalue weighted by Crippen LogP contribution is -2.43. The first-order valence-corrected chi connectivity index (χ1v) is 8.20. The number of sulfonamides is 1. The summed E-state index contributed by atoms with van der Waals surface area (Å²) in [6.07, 6.45) is 5.87. The minimum absolute atomic E-state index is 0.170. The van der Waals surface area contributed by atoms with E-state index in [-0.39, 0.29) is 4.90 Å². The smallest absolute Gasteiger partial charge is 0.247 e. The Balaban J connectivity index is 2.07. The van der Waals surface area contributed by atoms with E-state index in [1.54, 1.807) is 12.3 Å². The molecule has 21 heavy (non-hydrogen) atoms. The minimum Gasteiger partial charge on any atom is -0.284 e. The number of nitrogens with zero attached hydrogens (tertiary/aromatic N) is 4. The zero-order valence-corrected chi connectivity index (χ0v) is 12.8. The summed E-state index contributed by atoms with van der Waals surface area (Å²) in [7, 11) is -3.60. The van der Waals surface area contributed by atoms with Crippen molar-refractivity contribution in [2.24, 2.45) is 0 Å². The normalized spacial score (nSPS) is 23.5. The van der Waals surface area contributed by atoms with Gasteiger partial charge in [0.1, 0.15) is 10.7 Å². The number of hydrogen-bond acceptors (Lipinski definition) is 5. The second kappa shape index (κ2) is 4.88. The summed E-state index contributed by atoms with van der Waals surface area (Å²) in [4.78, 5) is 8.90. The zero-order valence-electron chi connectivity index (χ0n) is 11.9. The molecule has 7 nitrogen and oxygen atoms in total. The molecule has 0 amide bonds. The van der Waals surface area contributed by atoms with Gasteiger partial charge in [-0.15, -0.1) is 0 Å². The molecule has 1 saturated heterocycles. The van der Waals surface area contributed by atoms with E-state index in [0.717, 1.165) is 12.1 Å². The largest absolute Gasteiger partial charge is 0.284 e. The molecule has 1 unspecified atom stereocenters. The van der Waals surface area contributed by atoms with Crippen molar-refractivity contribution in [3.63, 3.8) is 0 Å². The van der Waals surface area contributed by atoms with Crippen LogP contribution in [-0.4, -0.2) is 39.4 Å². The van der Waals surface area contributed by atoms with E-state index in [1.165, 1.54) is 16.7 Å². The molecule has 8 heteroatoms. The van der Waals surface area contributed by atoms with Crippen molar-refractivity contribution in [2.45, 2.75) is 37.1 Å². The van der Waals surface area contributed by atoms with Gasteiger partial charge in [0.2, 0.25) is 10.0 Å². The Kier molecular flexibility index (Phi) is 3.29. The molecule has 2 aromatic heterocycles. The fourth-order valence-corrected chi connectivity index (χ4v) is 4.48. The molecule has 112 valence electrons. The van der Waals surface area contributed by atoms with Crippen molar-refractivity contribution in [3.8, 4) is 0 Å². The van der Waals surface area contributed by atoms with E-state index in [0.29, 0.717) is 18.8 Å². The molecule has 0 aromatic carbocycles. The van der Waals surface area contributed by atoms with Crippen molar-refractivity contribution in [3.05, 3.63) is 36.2 Å². The number of rotatable bonds is 3. The maximum Gasteiger partial charge on any atom is 0.247 e. The Bertz CT molecular complexity index is 744. The first kappa shape index (κ1) is 14.2. The monoisotopic (exact) mass is 307 g/mol. The standard InChI is InChI=1S/C13H17N5O2S/c1-10-4-6-14-12(17-10)13(2)5-3-7-18(13)21(19,20)11-8-15-16-9-11/h4,6,8-9H,3,5,7H2,1-2H3,(H,15,16). The van der Waals surface area contributed by atoms with Crippen LogP contribution in [0.3, 0.4) is 0 Å². The molecule has 0 bridgehead atoms. The summed E-state index contributed by atoms with van der Waals surface area (Å²) in [6, 6.07) is 1.80. The summed E-state index contributed by atoms with van der Waals surface area (Å²) in [5.41, 5.74) is 0.107. The summed E-state index contributed by atoms with van der Waals surface area (Å²) in [5.74, 6) is 0.548. The van der Waals surface area contributed by atoms with Crippen LogP contribution in [0.1, 0.15) is 31.3 Å². The number of H-pyrrole nitrogens is 1. The third kappa shape index (κ3) is 2.24. The predicted octanol–water partition coefficient (Wildman–Crippen LogP) is 1.21. The van der Waals surface area contributed by atoms with Gasteiger partial charge in [0.05, 0.1) is 11.7 Å². The van der Waals surface area contributed by atoms with Crippen LogP contribution in [0.4, 0.5) is 0 Å². The number of nitrogens with one attached hydrogen (secondary N) is 1. The lowest BCUT2D eigenvalue weighted by molar-refractivity contribution is 0.254. The highest BCUT2D eigenvalue weighted by atomic mass is 32.2. The minimum atomic E-state index is -3.60. The van der Waals surface area contributed by atoms with Crippen LogP contribution in [0.2, 0.25) is 0 Å². The first-order chi connectivity index (χ1) is 9.94. The molecule has 0 spiro atoms. The van der Waals surface area contributed by atoms with E-state index in [4.69, 9.17) is 0 Å². The SMILES string of the molecule is Cc1ccnc(C2(C)CCCN2S(=O)(=O)c2cn[nH]c2)n1. The number of aromatic amines is 1. The molecule has 1 atom stereocenters. The first-order valence-electron chi connectivity index (χ1n) is 6.76. The van der Waals surface area contributed by atoms with Crippen LogP contribution in [0, 0.1) is 6.92 Å². The van der Waals surface area contributed by atoms with Crippen LogP contribution in [0.15, 0.2) is 29.6 Å². The van der Waals surface area contributed by atoms with Gasteiger partial charge < -0.3 is 0 Å². The van der Waals surface area contributed by atoms with Gasteiger partial charge in [0.25, 0.3) is 0 Å².